The second-order valence-corrected chi connectivity index (χ2v) is 6.38. The molecule has 0 radical (unpaired) electrons. The molecule has 3 rings (SSSR count). The van der Waals surface area contributed by atoms with E-state index in [4.69, 9.17) is 4.74 Å². The van der Waals surface area contributed by atoms with Gasteiger partial charge in [0.15, 0.2) is 0 Å². The zero-order valence-electron chi connectivity index (χ0n) is 13.6. The molecule has 0 aromatic heterocycles. The van der Waals surface area contributed by atoms with E-state index in [0.29, 0.717) is 16.2 Å². The van der Waals surface area contributed by atoms with Crippen LogP contribution in [-0.4, -0.2) is 25.0 Å². The standard InChI is InChI=1S/C19H16FNO3S/c1-2-24-18(22)12-21-15-9-5-6-10-16(15)25-17(19(21)23)11-13-7-3-4-8-14(13)20/h3-11H,2,12H2,1H3/b17-11-. The van der Waals surface area contributed by atoms with Gasteiger partial charge in [-0.25, -0.2) is 4.39 Å². The highest BCUT2D eigenvalue weighted by molar-refractivity contribution is 8.04. The van der Waals surface area contributed by atoms with Gasteiger partial charge in [-0.3, -0.25) is 14.5 Å². The van der Waals surface area contributed by atoms with Crippen molar-refractivity contribution in [3.05, 3.63) is 64.8 Å². The number of para-hydroxylation sites is 1. The van der Waals surface area contributed by atoms with Gasteiger partial charge in [-0.2, -0.15) is 0 Å². The average molecular weight is 357 g/mol. The molecule has 0 saturated carbocycles. The third-order valence-corrected chi connectivity index (χ3v) is 4.69. The van der Waals surface area contributed by atoms with Crippen molar-refractivity contribution in [2.24, 2.45) is 0 Å². The van der Waals surface area contributed by atoms with Crippen LogP contribution in [0, 0.1) is 5.82 Å². The number of rotatable bonds is 4. The maximum absolute atomic E-state index is 13.9. The molecule has 6 heteroatoms. The summed E-state index contributed by atoms with van der Waals surface area (Å²) in [5.74, 6) is -1.23. The van der Waals surface area contributed by atoms with Crippen molar-refractivity contribution in [2.45, 2.75) is 11.8 Å². The number of fused-ring (bicyclic) bond motifs is 1. The molecule has 0 unspecified atom stereocenters. The van der Waals surface area contributed by atoms with Crippen molar-refractivity contribution in [1.82, 2.24) is 0 Å². The summed E-state index contributed by atoms with van der Waals surface area (Å²) in [6.45, 7) is 1.78. The maximum Gasteiger partial charge on any atom is 0.326 e. The van der Waals surface area contributed by atoms with Crippen molar-refractivity contribution in [3.63, 3.8) is 0 Å². The summed E-state index contributed by atoms with van der Waals surface area (Å²) >= 11 is 1.26. The van der Waals surface area contributed by atoms with Gasteiger partial charge in [0.2, 0.25) is 0 Å². The molecule has 0 N–H and O–H groups in total. The lowest BCUT2D eigenvalue weighted by molar-refractivity contribution is -0.142. The SMILES string of the molecule is CCOC(=O)CN1C(=O)/C(=C/c2ccccc2F)Sc2ccccc21. The Morgan fingerprint density at radius 1 is 1.20 bits per heavy atom. The number of benzene rings is 2. The first kappa shape index (κ1) is 17.2. The molecule has 25 heavy (non-hydrogen) atoms. The van der Waals surface area contributed by atoms with E-state index in [1.807, 2.05) is 12.1 Å². The summed E-state index contributed by atoms with van der Waals surface area (Å²) in [6.07, 6.45) is 1.51. The van der Waals surface area contributed by atoms with Crippen LogP contribution in [0.4, 0.5) is 10.1 Å². The maximum atomic E-state index is 13.9. The van der Waals surface area contributed by atoms with Crippen LogP contribution in [-0.2, 0) is 14.3 Å². The number of nitrogens with zero attached hydrogens (tertiary/aromatic N) is 1. The van der Waals surface area contributed by atoms with E-state index in [1.54, 1.807) is 37.3 Å². The number of carbonyl (C=O) groups is 2. The largest absolute Gasteiger partial charge is 0.465 e. The second kappa shape index (κ2) is 7.53. The Bertz CT molecular complexity index is 850. The van der Waals surface area contributed by atoms with Crippen molar-refractivity contribution in [2.75, 3.05) is 18.1 Å². The minimum absolute atomic E-state index is 0.182. The van der Waals surface area contributed by atoms with E-state index in [9.17, 15) is 14.0 Å². The molecule has 2 aromatic rings. The van der Waals surface area contributed by atoms with Gasteiger partial charge in [0.1, 0.15) is 12.4 Å². The lowest BCUT2D eigenvalue weighted by Gasteiger charge is -2.29. The summed E-state index contributed by atoms with van der Waals surface area (Å²) < 4.78 is 18.9. The summed E-state index contributed by atoms with van der Waals surface area (Å²) in [6, 6.07) is 13.5. The van der Waals surface area contributed by atoms with E-state index in [1.165, 1.54) is 28.8 Å². The number of anilines is 1. The van der Waals surface area contributed by atoms with Gasteiger partial charge in [0.25, 0.3) is 5.91 Å². The number of hydrogen-bond acceptors (Lipinski definition) is 4. The first-order valence-electron chi connectivity index (χ1n) is 7.80. The van der Waals surface area contributed by atoms with Gasteiger partial charge < -0.3 is 4.74 Å². The normalized spacial score (nSPS) is 15.2. The van der Waals surface area contributed by atoms with Crippen LogP contribution in [0.5, 0.6) is 0 Å². The lowest BCUT2D eigenvalue weighted by atomic mass is 10.2. The molecule has 0 atom stereocenters. The smallest absolute Gasteiger partial charge is 0.326 e. The van der Waals surface area contributed by atoms with Crippen LogP contribution < -0.4 is 4.90 Å². The highest BCUT2D eigenvalue weighted by Crippen LogP contribution is 2.42. The van der Waals surface area contributed by atoms with Crippen LogP contribution in [0.25, 0.3) is 6.08 Å². The Balaban J connectivity index is 1.99. The van der Waals surface area contributed by atoms with Crippen LogP contribution in [0.15, 0.2) is 58.3 Å². The molecular weight excluding hydrogens is 341 g/mol. The molecule has 1 heterocycles. The zero-order chi connectivity index (χ0) is 17.8. The third-order valence-electron chi connectivity index (χ3n) is 3.62. The van der Waals surface area contributed by atoms with Gasteiger partial charge in [0, 0.05) is 10.5 Å². The van der Waals surface area contributed by atoms with Gasteiger partial charge in [-0.1, -0.05) is 42.1 Å². The number of thioether (sulfide) groups is 1. The second-order valence-electron chi connectivity index (χ2n) is 5.30. The molecule has 0 saturated heterocycles. The molecular formula is C19H16FNO3S. The van der Waals surface area contributed by atoms with E-state index in [-0.39, 0.29) is 19.1 Å². The lowest BCUT2D eigenvalue weighted by Crippen LogP contribution is -2.39. The van der Waals surface area contributed by atoms with E-state index in [2.05, 4.69) is 0 Å². The molecule has 4 nitrogen and oxygen atoms in total. The Morgan fingerprint density at radius 3 is 2.68 bits per heavy atom. The summed E-state index contributed by atoms with van der Waals surface area (Å²) in [7, 11) is 0. The number of ether oxygens (including phenoxy) is 1. The topological polar surface area (TPSA) is 46.6 Å². The van der Waals surface area contributed by atoms with Gasteiger partial charge in [0.05, 0.1) is 17.2 Å². The van der Waals surface area contributed by atoms with Crippen molar-refractivity contribution in [1.29, 1.82) is 0 Å². The van der Waals surface area contributed by atoms with Gasteiger partial charge in [-0.15, -0.1) is 0 Å². The van der Waals surface area contributed by atoms with E-state index >= 15 is 0 Å². The van der Waals surface area contributed by atoms with Crippen molar-refractivity contribution in [3.8, 4) is 0 Å². The average Bonchev–Trinajstić information content (AvgIpc) is 2.60. The van der Waals surface area contributed by atoms with Crippen molar-refractivity contribution >= 4 is 35.4 Å². The Morgan fingerprint density at radius 2 is 1.92 bits per heavy atom. The summed E-state index contributed by atoms with van der Waals surface area (Å²) in [5.41, 5.74) is 0.977. The monoisotopic (exact) mass is 357 g/mol. The summed E-state index contributed by atoms with van der Waals surface area (Å²) in [5, 5.41) is 0. The Kier molecular flexibility index (Phi) is 5.19. The molecule has 0 fully saturated rings. The molecule has 1 aliphatic rings. The molecule has 0 spiro atoms. The Labute approximate surface area is 149 Å². The quantitative estimate of drug-likeness (QED) is 0.616. The molecule has 0 aliphatic carbocycles. The predicted molar refractivity (Wildman–Crippen MR) is 95.7 cm³/mol. The van der Waals surface area contributed by atoms with Crippen LogP contribution >= 0.6 is 11.8 Å². The third kappa shape index (κ3) is 3.74. The predicted octanol–water partition coefficient (Wildman–Crippen LogP) is 3.87. The number of halogens is 1. The zero-order valence-corrected chi connectivity index (χ0v) is 14.4. The number of amides is 1. The number of esters is 1. The highest BCUT2D eigenvalue weighted by Gasteiger charge is 2.30. The number of hydrogen-bond donors (Lipinski definition) is 0. The fourth-order valence-corrected chi connectivity index (χ4v) is 3.54. The molecule has 1 amide bonds. The van der Waals surface area contributed by atoms with E-state index in [0.717, 1.165) is 4.90 Å². The van der Waals surface area contributed by atoms with Crippen LogP contribution in [0.1, 0.15) is 12.5 Å². The minimum Gasteiger partial charge on any atom is -0.465 e. The van der Waals surface area contributed by atoms with E-state index < -0.39 is 11.8 Å². The van der Waals surface area contributed by atoms with Crippen LogP contribution in [0.2, 0.25) is 0 Å². The molecule has 2 aromatic carbocycles. The first-order chi connectivity index (χ1) is 12.1. The molecule has 0 bridgehead atoms. The highest BCUT2D eigenvalue weighted by atomic mass is 32.2. The summed E-state index contributed by atoms with van der Waals surface area (Å²) in [4.78, 5) is 27.3. The van der Waals surface area contributed by atoms with Crippen molar-refractivity contribution < 1.29 is 18.7 Å². The van der Waals surface area contributed by atoms with Gasteiger partial charge >= 0.3 is 5.97 Å². The molecule has 128 valence electrons. The fourth-order valence-electron chi connectivity index (χ4n) is 2.49. The number of carbonyl (C=O) groups excluding carboxylic acids is 2. The fraction of sp³-hybridized carbons (Fsp3) is 0.158. The molecule has 1 aliphatic heterocycles. The Hall–Kier alpha value is -2.60. The first-order valence-corrected chi connectivity index (χ1v) is 8.62. The minimum atomic E-state index is -0.484. The van der Waals surface area contributed by atoms with Gasteiger partial charge in [-0.05, 0) is 31.2 Å². The van der Waals surface area contributed by atoms with Crippen LogP contribution in [0.3, 0.4) is 0 Å².